The third kappa shape index (κ3) is 4.93. The first-order valence-corrected chi connectivity index (χ1v) is 7.53. The van der Waals surface area contributed by atoms with Crippen LogP contribution in [0.2, 0.25) is 0 Å². The number of anilines is 1. The van der Waals surface area contributed by atoms with Crippen LogP contribution >= 0.6 is 0 Å². The van der Waals surface area contributed by atoms with Crippen molar-refractivity contribution in [2.75, 3.05) is 18.5 Å². The van der Waals surface area contributed by atoms with Gasteiger partial charge in [0.25, 0.3) is 0 Å². The highest BCUT2D eigenvalue weighted by atomic mass is 19.2. The van der Waals surface area contributed by atoms with E-state index in [9.17, 15) is 13.9 Å². The molecule has 0 saturated heterocycles. The molecule has 0 radical (unpaired) electrons. The van der Waals surface area contributed by atoms with Gasteiger partial charge in [-0.15, -0.1) is 0 Å². The molecule has 1 aromatic rings. The van der Waals surface area contributed by atoms with Crippen LogP contribution in [-0.2, 0) is 4.74 Å². The smallest absolute Gasteiger partial charge is 0.181 e. The Labute approximate surface area is 124 Å². The van der Waals surface area contributed by atoms with E-state index in [1.807, 2.05) is 0 Å². The van der Waals surface area contributed by atoms with Gasteiger partial charge >= 0.3 is 0 Å². The first-order valence-electron chi connectivity index (χ1n) is 7.53. The van der Waals surface area contributed by atoms with Crippen LogP contribution < -0.4 is 5.32 Å². The Balaban J connectivity index is 1.70. The molecule has 1 aromatic carbocycles. The van der Waals surface area contributed by atoms with Crippen molar-refractivity contribution in [1.29, 1.82) is 0 Å². The lowest BCUT2D eigenvalue weighted by Gasteiger charge is -2.27. The summed E-state index contributed by atoms with van der Waals surface area (Å²) in [6.07, 6.45) is 3.84. The molecule has 1 aliphatic carbocycles. The van der Waals surface area contributed by atoms with E-state index >= 15 is 0 Å². The van der Waals surface area contributed by atoms with Crippen molar-refractivity contribution in [2.24, 2.45) is 5.92 Å². The predicted octanol–water partition coefficient (Wildman–Crippen LogP) is 3.33. The normalized spacial score (nSPS) is 23.8. The molecule has 0 heterocycles. The molecule has 0 aliphatic heterocycles. The lowest BCUT2D eigenvalue weighted by molar-refractivity contribution is -0.0245. The van der Waals surface area contributed by atoms with Gasteiger partial charge in [0.05, 0.1) is 24.5 Å². The van der Waals surface area contributed by atoms with Crippen LogP contribution in [-0.4, -0.2) is 30.5 Å². The van der Waals surface area contributed by atoms with Crippen molar-refractivity contribution < 1.29 is 18.6 Å². The zero-order valence-electron chi connectivity index (χ0n) is 12.3. The van der Waals surface area contributed by atoms with Gasteiger partial charge in [-0.2, -0.15) is 0 Å². The second-order valence-corrected chi connectivity index (χ2v) is 5.85. The van der Waals surface area contributed by atoms with E-state index in [4.69, 9.17) is 4.74 Å². The summed E-state index contributed by atoms with van der Waals surface area (Å²) >= 11 is 0. The number of nitrogens with one attached hydrogen (secondary N) is 1. The molecule has 0 aromatic heterocycles. The van der Waals surface area contributed by atoms with Gasteiger partial charge in [-0.3, -0.25) is 0 Å². The van der Waals surface area contributed by atoms with Gasteiger partial charge in [-0.1, -0.05) is 13.0 Å². The summed E-state index contributed by atoms with van der Waals surface area (Å²) in [6, 6.07) is 3.92. The molecule has 0 spiro atoms. The molecule has 118 valence electrons. The number of hydrogen-bond acceptors (Lipinski definition) is 3. The third-order valence-electron chi connectivity index (χ3n) is 3.97. The average Bonchev–Trinajstić information content (AvgIpc) is 2.48. The van der Waals surface area contributed by atoms with Crippen molar-refractivity contribution >= 4 is 5.69 Å². The molecular weight excluding hydrogens is 276 g/mol. The van der Waals surface area contributed by atoms with E-state index in [1.165, 1.54) is 12.1 Å². The van der Waals surface area contributed by atoms with Gasteiger partial charge in [0.1, 0.15) is 0 Å². The van der Waals surface area contributed by atoms with E-state index in [-0.39, 0.29) is 24.9 Å². The second kappa shape index (κ2) is 7.71. The lowest BCUT2D eigenvalue weighted by atomic mass is 9.89. The molecule has 1 saturated carbocycles. The molecule has 2 rings (SSSR count). The van der Waals surface area contributed by atoms with E-state index in [2.05, 4.69) is 12.2 Å². The average molecular weight is 299 g/mol. The third-order valence-corrected chi connectivity index (χ3v) is 3.97. The summed E-state index contributed by atoms with van der Waals surface area (Å²) in [4.78, 5) is 0. The maximum Gasteiger partial charge on any atom is 0.181 e. The van der Waals surface area contributed by atoms with Gasteiger partial charge in [-0.25, -0.2) is 8.78 Å². The van der Waals surface area contributed by atoms with Gasteiger partial charge in [0.15, 0.2) is 11.6 Å². The number of aliphatic hydroxyl groups excluding tert-OH is 1. The Morgan fingerprint density at radius 1 is 1.29 bits per heavy atom. The number of rotatable bonds is 6. The molecule has 0 amide bonds. The highest BCUT2D eigenvalue weighted by Crippen LogP contribution is 2.25. The Hall–Kier alpha value is -1.20. The van der Waals surface area contributed by atoms with Gasteiger partial charge < -0.3 is 15.2 Å². The lowest BCUT2D eigenvalue weighted by Crippen LogP contribution is -2.29. The molecule has 1 fully saturated rings. The standard InChI is InChI=1S/C16H23F2NO2/c1-11-5-7-13(8-6-11)21-10-12(20)9-19-15-4-2-3-14(17)16(15)18/h2-4,11-13,19-20H,5-10H2,1H3. The van der Waals surface area contributed by atoms with Gasteiger partial charge in [-0.05, 0) is 43.7 Å². The molecular formula is C16H23F2NO2. The molecule has 21 heavy (non-hydrogen) atoms. The van der Waals surface area contributed by atoms with Crippen LogP contribution in [0.3, 0.4) is 0 Å². The number of aliphatic hydroxyl groups is 1. The zero-order chi connectivity index (χ0) is 15.2. The zero-order valence-corrected chi connectivity index (χ0v) is 12.3. The predicted molar refractivity (Wildman–Crippen MR) is 78.2 cm³/mol. The van der Waals surface area contributed by atoms with Gasteiger partial charge in [0, 0.05) is 6.54 Å². The minimum absolute atomic E-state index is 0.0561. The van der Waals surface area contributed by atoms with Crippen molar-refractivity contribution in [2.45, 2.75) is 44.8 Å². The highest BCUT2D eigenvalue weighted by molar-refractivity contribution is 5.44. The fourth-order valence-corrected chi connectivity index (χ4v) is 2.57. The highest BCUT2D eigenvalue weighted by Gasteiger charge is 2.19. The summed E-state index contributed by atoms with van der Waals surface area (Å²) in [5, 5.41) is 12.6. The number of halogens is 2. The Bertz CT molecular complexity index is 448. The van der Waals surface area contributed by atoms with Crippen LogP contribution in [0.1, 0.15) is 32.6 Å². The first kappa shape index (κ1) is 16.2. The molecule has 1 unspecified atom stereocenters. The first-order chi connectivity index (χ1) is 10.1. The molecule has 1 aliphatic rings. The summed E-state index contributed by atoms with van der Waals surface area (Å²) in [7, 11) is 0. The van der Waals surface area contributed by atoms with Crippen molar-refractivity contribution in [1.82, 2.24) is 0 Å². The molecule has 1 atom stereocenters. The minimum Gasteiger partial charge on any atom is -0.389 e. The monoisotopic (exact) mass is 299 g/mol. The van der Waals surface area contributed by atoms with Crippen LogP contribution in [0.5, 0.6) is 0 Å². The van der Waals surface area contributed by atoms with Crippen molar-refractivity contribution in [3.05, 3.63) is 29.8 Å². The summed E-state index contributed by atoms with van der Waals surface area (Å²) in [5.41, 5.74) is 0.0561. The molecule has 5 heteroatoms. The SMILES string of the molecule is CC1CCC(OCC(O)CNc2cccc(F)c2F)CC1. The second-order valence-electron chi connectivity index (χ2n) is 5.85. The van der Waals surface area contributed by atoms with Gasteiger partial charge in [0.2, 0.25) is 0 Å². The fourth-order valence-electron chi connectivity index (χ4n) is 2.57. The quantitative estimate of drug-likeness (QED) is 0.846. The topological polar surface area (TPSA) is 41.5 Å². The molecule has 0 bridgehead atoms. The van der Waals surface area contributed by atoms with Crippen LogP contribution in [0.4, 0.5) is 14.5 Å². The maximum absolute atomic E-state index is 13.4. The Morgan fingerprint density at radius 3 is 2.71 bits per heavy atom. The number of benzene rings is 1. The van der Waals surface area contributed by atoms with E-state index in [0.717, 1.165) is 37.7 Å². The fraction of sp³-hybridized carbons (Fsp3) is 0.625. The van der Waals surface area contributed by atoms with Crippen molar-refractivity contribution in [3.63, 3.8) is 0 Å². The van der Waals surface area contributed by atoms with Crippen LogP contribution in [0.25, 0.3) is 0 Å². The summed E-state index contributed by atoms with van der Waals surface area (Å²) in [6.45, 7) is 2.58. The van der Waals surface area contributed by atoms with Crippen LogP contribution in [0, 0.1) is 17.6 Å². The molecule has 2 N–H and O–H groups in total. The Morgan fingerprint density at radius 2 is 2.00 bits per heavy atom. The van der Waals surface area contributed by atoms with Crippen molar-refractivity contribution in [3.8, 4) is 0 Å². The summed E-state index contributed by atoms with van der Waals surface area (Å²) in [5.74, 6) is -1.07. The van der Waals surface area contributed by atoms with E-state index < -0.39 is 17.7 Å². The minimum atomic E-state index is -0.924. The largest absolute Gasteiger partial charge is 0.389 e. The maximum atomic E-state index is 13.4. The number of ether oxygens (including phenoxy) is 1. The Kier molecular flexibility index (Phi) is 5.94. The molecule has 3 nitrogen and oxygen atoms in total. The van der Waals surface area contributed by atoms with E-state index in [0.29, 0.717) is 0 Å². The number of hydrogen-bond donors (Lipinski definition) is 2. The van der Waals surface area contributed by atoms with E-state index in [1.54, 1.807) is 0 Å². The van der Waals surface area contributed by atoms with Crippen LogP contribution in [0.15, 0.2) is 18.2 Å². The summed E-state index contributed by atoms with van der Waals surface area (Å²) < 4.78 is 32.1.